The van der Waals surface area contributed by atoms with Gasteiger partial charge < -0.3 is 16.0 Å². The monoisotopic (exact) mass is 351 g/mol. The number of fused-ring (bicyclic) bond motifs is 2. The van der Waals surface area contributed by atoms with E-state index in [-0.39, 0.29) is 11.0 Å². The van der Waals surface area contributed by atoms with Crippen LogP contribution in [0.5, 0.6) is 0 Å². The molecule has 7 heteroatoms. The van der Waals surface area contributed by atoms with Gasteiger partial charge in [-0.05, 0) is 51.0 Å². The molecule has 136 valence electrons. The van der Waals surface area contributed by atoms with Crippen LogP contribution in [0.2, 0.25) is 0 Å². The molecule has 3 aliphatic carbocycles. The zero-order valence-electron chi connectivity index (χ0n) is 14.9. The Bertz CT molecular complexity index is 853. The first-order valence-corrected chi connectivity index (χ1v) is 9.85. The Morgan fingerprint density at radius 2 is 2.08 bits per heavy atom. The van der Waals surface area contributed by atoms with Crippen molar-refractivity contribution >= 4 is 17.6 Å². The Balaban J connectivity index is 1.23. The normalized spacial score (nSPS) is 31.4. The maximum absolute atomic E-state index is 6.64. The molecule has 2 aromatic rings. The number of hydrogen-bond acceptors (Lipinski definition) is 6. The zero-order chi connectivity index (χ0) is 17.4. The van der Waals surface area contributed by atoms with Gasteiger partial charge in [-0.25, -0.2) is 4.98 Å². The molecule has 4 aliphatic rings. The molecule has 1 saturated heterocycles. The summed E-state index contributed by atoms with van der Waals surface area (Å²) in [6.45, 7) is 1.01. The summed E-state index contributed by atoms with van der Waals surface area (Å²) in [5.74, 6) is 3.12. The van der Waals surface area contributed by atoms with E-state index < -0.39 is 0 Å². The number of piperidine rings is 1. The van der Waals surface area contributed by atoms with E-state index in [2.05, 4.69) is 31.5 Å². The van der Waals surface area contributed by atoms with Crippen molar-refractivity contribution in [3.63, 3.8) is 0 Å². The standard InChI is InChI=1S/C19H25N7/c20-19(6-7-19)18-5-3-13(10-18)26(11-18)17-21-8-4-15(23-17)22-16-9-14(24-25-16)12-1-2-12/h4,8-9,12-13H,1-3,5-7,10-11,20H2,(H2,21,22,23,24,25). The van der Waals surface area contributed by atoms with Crippen molar-refractivity contribution in [3.05, 3.63) is 24.0 Å². The van der Waals surface area contributed by atoms with Crippen LogP contribution in [-0.4, -0.2) is 38.3 Å². The Hall–Kier alpha value is -2.15. The molecule has 3 saturated carbocycles. The van der Waals surface area contributed by atoms with Crippen molar-refractivity contribution in [2.24, 2.45) is 11.1 Å². The lowest BCUT2D eigenvalue weighted by Crippen LogP contribution is -2.47. The summed E-state index contributed by atoms with van der Waals surface area (Å²) in [6, 6.07) is 4.54. The highest BCUT2D eigenvalue weighted by molar-refractivity contribution is 5.54. The minimum absolute atomic E-state index is 0.0701. The third kappa shape index (κ3) is 2.19. The summed E-state index contributed by atoms with van der Waals surface area (Å²) in [5, 5.41) is 10.8. The predicted octanol–water partition coefficient (Wildman–Crippen LogP) is 2.67. The van der Waals surface area contributed by atoms with E-state index in [0.29, 0.717) is 12.0 Å². The quantitative estimate of drug-likeness (QED) is 0.766. The van der Waals surface area contributed by atoms with E-state index in [1.165, 1.54) is 50.6 Å². The van der Waals surface area contributed by atoms with Gasteiger partial charge in [-0.2, -0.15) is 10.1 Å². The molecule has 0 amide bonds. The first-order chi connectivity index (χ1) is 12.6. The number of nitrogens with zero attached hydrogens (tertiary/aromatic N) is 4. The van der Waals surface area contributed by atoms with Gasteiger partial charge in [0.2, 0.25) is 5.95 Å². The second-order valence-corrected chi connectivity index (χ2v) is 8.81. The van der Waals surface area contributed by atoms with E-state index >= 15 is 0 Å². The fourth-order valence-electron chi connectivity index (χ4n) is 5.16. The van der Waals surface area contributed by atoms with Crippen LogP contribution in [0.25, 0.3) is 0 Å². The van der Waals surface area contributed by atoms with E-state index in [1.807, 2.05) is 12.3 Å². The van der Waals surface area contributed by atoms with Crippen LogP contribution in [-0.2, 0) is 0 Å². The molecule has 2 aromatic heterocycles. The maximum Gasteiger partial charge on any atom is 0.227 e. The number of aromatic nitrogens is 4. The average molecular weight is 351 g/mol. The minimum atomic E-state index is 0.0701. The summed E-state index contributed by atoms with van der Waals surface area (Å²) >= 11 is 0. The molecular weight excluding hydrogens is 326 g/mol. The third-order valence-electron chi connectivity index (χ3n) is 7.11. The lowest BCUT2D eigenvalue weighted by Gasteiger charge is -2.37. The van der Waals surface area contributed by atoms with E-state index in [9.17, 15) is 0 Å². The second kappa shape index (κ2) is 4.97. The Morgan fingerprint density at radius 1 is 1.19 bits per heavy atom. The van der Waals surface area contributed by atoms with E-state index in [1.54, 1.807) is 0 Å². The lowest BCUT2D eigenvalue weighted by atomic mass is 9.77. The van der Waals surface area contributed by atoms with Crippen molar-refractivity contribution in [2.75, 3.05) is 16.8 Å². The van der Waals surface area contributed by atoms with Gasteiger partial charge in [-0.15, -0.1) is 0 Å². The van der Waals surface area contributed by atoms with Gasteiger partial charge in [0.25, 0.3) is 0 Å². The van der Waals surface area contributed by atoms with Crippen molar-refractivity contribution in [1.29, 1.82) is 0 Å². The smallest absolute Gasteiger partial charge is 0.227 e. The second-order valence-electron chi connectivity index (χ2n) is 8.81. The summed E-state index contributed by atoms with van der Waals surface area (Å²) in [5.41, 5.74) is 8.21. The predicted molar refractivity (Wildman–Crippen MR) is 99.4 cm³/mol. The van der Waals surface area contributed by atoms with Gasteiger partial charge in [0, 0.05) is 47.4 Å². The Kier molecular flexibility index (Phi) is 2.86. The van der Waals surface area contributed by atoms with Gasteiger partial charge in [-0.3, -0.25) is 5.10 Å². The van der Waals surface area contributed by atoms with Crippen molar-refractivity contribution in [1.82, 2.24) is 20.2 Å². The topological polar surface area (TPSA) is 95.8 Å². The molecule has 3 heterocycles. The average Bonchev–Trinajstić information content (AvgIpc) is 3.51. The fraction of sp³-hybridized carbons (Fsp3) is 0.632. The summed E-state index contributed by atoms with van der Waals surface area (Å²) < 4.78 is 0. The van der Waals surface area contributed by atoms with Crippen LogP contribution in [0.4, 0.5) is 17.6 Å². The van der Waals surface area contributed by atoms with Crippen LogP contribution in [0.1, 0.15) is 56.6 Å². The Morgan fingerprint density at radius 3 is 2.88 bits per heavy atom. The van der Waals surface area contributed by atoms with Crippen molar-refractivity contribution in [3.8, 4) is 0 Å². The highest BCUT2D eigenvalue weighted by Crippen LogP contribution is 2.61. The number of rotatable bonds is 5. The Labute approximate surface area is 152 Å². The molecule has 4 N–H and O–H groups in total. The van der Waals surface area contributed by atoms with Crippen LogP contribution in [0.3, 0.4) is 0 Å². The molecule has 6 rings (SSSR count). The largest absolute Gasteiger partial charge is 0.337 e. The highest BCUT2D eigenvalue weighted by atomic mass is 15.3. The molecule has 7 nitrogen and oxygen atoms in total. The van der Waals surface area contributed by atoms with Crippen LogP contribution in [0, 0.1) is 5.41 Å². The molecule has 1 aliphatic heterocycles. The van der Waals surface area contributed by atoms with Gasteiger partial charge >= 0.3 is 0 Å². The van der Waals surface area contributed by atoms with Gasteiger partial charge in [-0.1, -0.05) is 0 Å². The molecule has 4 fully saturated rings. The summed E-state index contributed by atoms with van der Waals surface area (Å²) in [4.78, 5) is 11.7. The molecule has 2 atom stereocenters. The maximum atomic E-state index is 6.64. The van der Waals surface area contributed by atoms with Crippen LogP contribution >= 0.6 is 0 Å². The number of hydrogen-bond donors (Lipinski definition) is 3. The third-order valence-corrected chi connectivity index (χ3v) is 7.11. The van der Waals surface area contributed by atoms with Crippen molar-refractivity contribution < 1.29 is 0 Å². The van der Waals surface area contributed by atoms with Gasteiger partial charge in [0.1, 0.15) is 5.82 Å². The molecular formula is C19H25N7. The SMILES string of the molecule is NC1(C23CCC(C2)N(c2nccc(Nc4cc(C5CC5)[nH]n4)n2)C3)CC1. The molecule has 26 heavy (non-hydrogen) atoms. The van der Waals surface area contributed by atoms with Gasteiger partial charge in [0.15, 0.2) is 5.82 Å². The lowest BCUT2D eigenvalue weighted by molar-refractivity contribution is 0.240. The van der Waals surface area contributed by atoms with E-state index in [0.717, 1.165) is 24.1 Å². The number of H-pyrrole nitrogens is 1. The van der Waals surface area contributed by atoms with Crippen LogP contribution < -0.4 is 16.0 Å². The first-order valence-electron chi connectivity index (χ1n) is 9.85. The summed E-state index contributed by atoms with van der Waals surface area (Å²) in [6.07, 6.45) is 10.4. The molecule has 2 bridgehead atoms. The van der Waals surface area contributed by atoms with Gasteiger partial charge in [0.05, 0.1) is 0 Å². The number of anilines is 3. The number of nitrogens with one attached hydrogen (secondary N) is 2. The number of nitrogens with two attached hydrogens (primary N) is 1. The molecule has 2 unspecified atom stereocenters. The first kappa shape index (κ1) is 15.0. The highest BCUT2D eigenvalue weighted by Gasteiger charge is 2.64. The fourth-order valence-corrected chi connectivity index (χ4v) is 5.16. The minimum Gasteiger partial charge on any atom is -0.337 e. The van der Waals surface area contributed by atoms with E-state index in [4.69, 9.17) is 10.7 Å². The summed E-state index contributed by atoms with van der Waals surface area (Å²) in [7, 11) is 0. The molecule has 0 radical (unpaired) electrons. The van der Waals surface area contributed by atoms with Crippen LogP contribution in [0.15, 0.2) is 18.3 Å². The zero-order valence-corrected chi connectivity index (χ0v) is 14.9. The van der Waals surface area contributed by atoms with Crippen molar-refractivity contribution in [2.45, 2.75) is 62.4 Å². The number of aromatic amines is 1. The molecule has 0 spiro atoms. The molecule has 0 aromatic carbocycles.